The van der Waals surface area contributed by atoms with E-state index in [-0.39, 0.29) is 38.1 Å². The number of hydrogen-bond donors (Lipinski definition) is 4. The van der Waals surface area contributed by atoms with Gasteiger partial charge in [0.15, 0.2) is 0 Å². The largest absolute Gasteiger partial charge is 0.395 e. The number of aliphatic hydroxyl groups excluding tert-OH is 2. The van der Waals surface area contributed by atoms with Crippen LogP contribution in [-0.2, 0) is 0 Å². The second kappa shape index (κ2) is 10.9. The van der Waals surface area contributed by atoms with E-state index in [9.17, 15) is 9.59 Å². The number of nitrogens with one attached hydrogen (secondary N) is 2. The summed E-state index contributed by atoms with van der Waals surface area (Å²) in [7, 11) is 2.76. The lowest BCUT2D eigenvalue weighted by molar-refractivity contribution is 0.0934. The molecule has 0 bridgehead atoms. The maximum Gasteiger partial charge on any atom is 0.252 e. The molecule has 8 heteroatoms. The zero-order valence-corrected chi connectivity index (χ0v) is 15.6. The van der Waals surface area contributed by atoms with Crippen molar-refractivity contribution in [1.29, 1.82) is 0 Å². The van der Waals surface area contributed by atoms with Gasteiger partial charge in [0, 0.05) is 22.9 Å². The molecule has 0 saturated heterocycles. The molecule has 0 saturated carbocycles. The van der Waals surface area contributed by atoms with E-state index in [0.29, 0.717) is 11.1 Å². The molecule has 138 valence electrons. The maximum atomic E-state index is 12.2. The van der Waals surface area contributed by atoms with Crippen molar-refractivity contribution in [2.45, 2.75) is 9.79 Å². The number of aliphatic hydroxyl groups is 2. The van der Waals surface area contributed by atoms with Gasteiger partial charge in [0.05, 0.1) is 24.3 Å². The number of rotatable bonds is 9. The van der Waals surface area contributed by atoms with E-state index < -0.39 is 0 Å². The summed E-state index contributed by atoms with van der Waals surface area (Å²) in [6.45, 7) is 0.149. The van der Waals surface area contributed by atoms with Crippen molar-refractivity contribution in [3.63, 3.8) is 0 Å². The highest BCUT2D eigenvalue weighted by Crippen LogP contribution is 2.40. The van der Waals surface area contributed by atoms with E-state index in [1.54, 1.807) is 24.3 Å². The van der Waals surface area contributed by atoms with Gasteiger partial charge >= 0.3 is 0 Å². The molecule has 0 atom stereocenters. The Kier molecular flexibility index (Phi) is 8.49. The first kappa shape index (κ1) is 20.3. The smallest absolute Gasteiger partial charge is 0.252 e. The van der Waals surface area contributed by atoms with Crippen LogP contribution in [0.5, 0.6) is 0 Å². The molecule has 0 aromatic heterocycles. The van der Waals surface area contributed by atoms with Crippen molar-refractivity contribution in [3.8, 4) is 0 Å². The Bertz CT molecular complexity index is 692. The number of amides is 2. The minimum absolute atomic E-state index is 0.119. The maximum absolute atomic E-state index is 12.2. The molecule has 0 heterocycles. The average molecular weight is 393 g/mol. The molecule has 26 heavy (non-hydrogen) atoms. The predicted molar refractivity (Wildman–Crippen MR) is 103 cm³/mol. The first-order chi connectivity index (χ1) is 12.7. The molecular formula is C18H20N2O4S2. The van der Waals surface area contributed by atoms with Gasteiger partial charge in [-0.25, -0.2) is 0 Å². The Hall–Kier alpha value is -2.00. The molecule has 0 unspecified atom stereocenters. The monoisotopic (exact) mass is 392 g/mol. The van der Waals surface area contributed by atoms with E-state index in [0.717, 1.165) is 9.79 Å². The molecular weight excluding hydrogens is 372 g/mol. The molecule has 0 aliphatic rings. The minimum atomic E-state index is -0.253. The van der Waals surface area contributed by atoms with Crippen LogP contribution in [0.1, 0.15) is 20.7 Å². The van der Waals surface area contributed by atoms with Crippen molar-refractivity contribution >= 4 is 33.4 Å². The summed E-state index contributed by atoms with van der Waals surface area (Å²) in [5.74, 6) is -0.506. The summed E-state index contributed by atoms with van der Waals surface area (Å²) < 4.78 is 0. The fourth-order valence-electron chi connectivity index (χ4n) is 2.07. The van der Waals surface area contributed by atoms with Gasteiger partial charge in [-0.2, -0.15) is 0 Å². The van der Waals surface area contributed by atoms with Crippen LogP contribution in [0, 0.1) is 0 Å². The summed E-state index contributed by atoms with van der Waals surface area (Å²) in [6, 6.07) is 14.3. The number of carbonyl (C=O) groups is 2. The molecule has 4 N–H and O–H groups in total. The highest BCUT2D eigenvalue weighted by molar-refractivity contribution is 8.76. The average Bonchev–Trinajstić information content (AvgIpc) is 2.69. The predicted octanol–water partition coefficient (Wildman–Crippen LogP) is 1.93. The Morgan fingerprint density at radius 3 is 1.50 bits per heavy atom. The third-order valence-corrected chi connectivity index (χ3v) is 5.76. The van der Waals surface area contributed by atoms with Crippen LogP contribution in [-0.4, -0.2) is 48.3 Å². The lowest BCUT2D eigenvalue weighted by Crippen LogP contribution is -2.26. The molecule has 2 amide bonds. The van der Waals surface area contributed by atoms with E-state index in [1.807, 2.05) is 24.3 Å². The highest BCUT2D eigenvalue weighted by Gasteiger charge is 2.14. The van der Waals surface area contributed by atoms with Gasteiger partial charge in [-0.15, -0.1) is 0 Å². The van der Waals surface area contributed by atoms with Crippen LogP contribution in [0.4, 0.5) is 0 Å². The van der Waals surface area contributed by atoms with Crippen LogP contribution in [0.15, 0.2) is 58.3 Å². The Morgan fingerprint density at radius 1 is 0.731 bits per heavy atom. The van der Waals surface area contributed by atoms with Gasteiger partial charge in [0.25, 0.3) is 11.8 Å². The quantitative estimate of drug-likeness (QED) is 0.487. The lowest BCUT2D eigenvalue weighted by atomic mass is 10.2. The molecule has 2 rings (SSSR count). The minimum Gasteiger partial charge on any atom is -0.395 e. The molecule has 6 nitrogen and oxygen atoms in total. The van der Waals surface area contributed by atoms with Gasteiger partial charge in [-0.3, -0.25) is 9.59 Å². The van der Waals surface area contributed by atoms with E-state index >= 15 is 0 Å². The summed E-state index contributed by atoms with van der Waals surface area (Å²) in [5.41, 5.74) is 1.03. The van der Waals surface area contributed by atoms with Crippen molar-refractivity contribution in [3.05, 3.63) is 59.7 Å². The molecule has 2 aromatic rings. The second-order valence-electron chi connectivity index (χ2n) is 5.12. The third-order valence-electron chi connectivity index (χ3n) is 3.28. The fourth-order valence-corrected chi connectivity index (χ4v) is 4.43. The SMILES string of the molecule is O=C(NCCO)c1ccccc1SSc1ccccc1C(=O)NCCO. The fraction of sp³-hybridized carbons (Fsp3) is 0.222. The van der Waals surface area contributed by atoms with Crippen LogP contribution in [0.2, 0.25) is 0 Å². The van der Waals surface area contributed by atoms with Crippen LogP contribution in [0.3, 0.4) is 0 Å². The van der Waals surface area contributed by atoms with Crippen molar-refractivity contribution < 1.29 is 19.8 Å². The van der Waals surface area contributed by atoms with Gasteiger partial charge < -0.3 is 20.8 Å². The normalized spacial score (nSPS) is 10.4. The van der Waals surface area contributed by atoms with Crippen LogP contribution in [0.25, 0.3) is 0 Å². The first-order valence-electron chi connectivity index (χ1n) is 7.98. The Labute approximate surface area is 159 Å². The zero-order valence-electron chi connectivity index (χ0n) is 14.0. The molecule has 0 aliphatic carbocycles. The first-order valence-corrected chi connectivity index (χ1v) is 10.1. The summed E-state index contributed by atoms with van der Waals surface area (Å²) in [4.78, 5) is 25.9. The van der Waals surface area contributed by atoms with Crippen molar-refractivity contribution in [1.82, 2.24) is 10.6 Å². The van der Waals surface area contributed by atoms with Gasteiger partial charge in [-0.05, 0) is 24.3 Å². The Balaban J connectivity index is 2.12. The highest BCUT2D eigenvalue weighted by atomic mass is 33.1. The molecule has 0 spiro atoms. The molecule has 0 fully saturated rings. The third kappa shape index (κ3) is 5.77. The van der Waals surface area contributed by atoms with E-state index in [2.05, 4.69) is 10.6 Å². The topological polar surface area (TPSA) is 98.7 Å². The van der Waals surface area contributed by atoms with E-state index in [4.69, 9.17) is 10.2 Å². The number of hydrogen-bond acceptors (Lipinski definition) is 6. The molecule has 2 aromatic carbocycles. The second-order valence-corrected chi connectivity index (χ2v) is 7.33. The molecule has 0 aliphatic heterocycles. The van der Waals surface area contributed by atoms with Gasteiger partial charge in [-0.1, -0.05) is 45.9 Å². The lowest BCUT2D eigenvalue weighted by Gasteiger charge is -2.11. The van der Waals surface area contributed by atoms with Gasteiger partial charge in [0.1, 0.15) is 0 Å². The number of carbonyl (C=O) groups excluding carboxylic acids is 2. The van der Waals surface area contributed by atoms with Gasteiger partial charge in [0.2, 0.25) is 0 Å². The summed E-state index contributed by atoms with van der Waals surface area (Å²) >= 11 is 0. The van der Waals surface area contributed by atoms with Crippen molar-refractivity contribution in [2.75, 3.05) is 26.3 Å². The molecule has 0 radical (unpaired) electrons. The Morgan fingerprint density at radius 2 is 1.12 bits per heavy atom. The summed E-state index contributed by atoms with van der Waals surface area (Å²) in [5, 5.41) is 23.0. The zero-order chi connectivity index (χ0) is 18.8. The standard InChI is InChI=1S/C18H20N2O4S2/c21-11-9-19-17(23)13-5-1-3-7-15(13)25-26-16-8-4-2-6-14(16)18(24)20-10-12-22/h1-8,21-22H,9-12H2,(H,19,23)(H,20,24). The van der Waals surface area contributed by atoms with Crippen LogP contribution < -0.4 is 10.6 Å². The summed E-state index contributed by atoms with van der Waals surface area (Å²) in [6.07, 6.45) is 0. The van der Waals surface area contributed by atoms with E-state index in [1.165, 1.54) is 21.6 Å². The van der Waals surface area contributed by atoms with Crippen LogP contribution >= 0.6 is 21.6 Å². The number of benzene rings is 2. The van der Waals surface area contributed by atoms with Crippen molar-refractivity contribution in [2.24, 2.45) is 0 Å².